The Morgan fingerprint density at radius 2 is 1.56 bits per heavy atom. The number of ether oxygens (including phenoxy) is 4. The van der Waals surface area contributed by atoms with Crippen LogP contribution < -0.4 is 5.32 Å². The number of esters is 2. The molecule has 2 saturated carbocycles. The maximum atomic E-state index is 14.6. The molecule has 4 aliphatic rings. The van der Waals surface area contributed by atoms with Gasteiger partial charge in [0, 0.05) is 85.6 Å². The second-order valence-corrected chi connectivity index (χ2v) is 17.0. The quantitative estimate of drug-likeness (QED) is 0.200. The van der Waals surface area contributed by atoms with Crippen LogP contribution in [0, 0.1) is 60.8 Å². The van der Waals surface area contributed by atoms with Gasteiger partial charge in [0.25, 0.3) is 0 Å². The zero-order chi connectivity index (χ0) is 39.6. The van der Waals surface area contributed by atoms with E-state index in [9.17, 15) is 39.6 Å². The smallest absolute Gasteiger partial charge is 0.408 e. The molecule has 13 nitrogen and oxygen atoms in total. The summed E-state index contributed by atoms with van der Waals surface area (Å²) in [5.74, 6) is -3.64. The van der Waals surface area contributed by atoms with E-state index in [2.05, 4.69) is 5.32 Å². The molecule has 0 spiro atoms. The average molecular weight is 977 g/mol. The van der Waals surface area contributed by atoms with Crippen molar-refractivity contribution in [3.8, 4) is 0 Å². The Morgan fingerprint density at radius 1 is 0.964 bits per heavy atom. The second-order valence-electron chi connectivity index (χ2n) is 17.0. The van der Waals surface area contributed by atoms with Crippen molar-refractivity contribution in [2.24, 2.45) is 16.7 Å². The summed E-state index contributed by atoms with van der Waals surface area (Å²) in [6, 6.07) is 15.1. The summed E-state index contributed by atoms with van der Waals surface area (Å²) < 4.78 is 23.3. The maximum absolute atomic E-state index is 14.6. The Kier molecular flexibility index (Phi) is 12.3. The summed E-state index contributed by atoms with van der Waals surface area (Å²) >= 11 is 0. The van der Waals surface area contributed by atoms with E-state index in [0.717, 1.165) is 0 Å². The van der Waals surface area contributed by atoms with Gasteiger partial charge in [0.2, 0.25) is 0 Å². The van der Waals surface area contributed by atoms with Crippen LogP contribution in [0.1, 0.15) is 89.7 Å². The monoisotopic (exact) mass is 976 g/mol. The first-order chi connectivity index (χ1) is 25.1. The molecule has 2 bridgehead atoms. The van der Waals surface area contributed by atoms with Crippen molar-refractivity contribution in [2.45, 2.75) is 121 Å². The van der Waals surface area contributed by atoms with E-state index in [-0.39, 0.29) is 74.6 Å². The molecule has 1 aliphatic heterocycles. The molecule has 2 aromatic carbocycles. The number of hydrogen-bond donors (Lipinski definition) is 5. The van der Waals surface area contributed by atoms with Gasteiger partial charge in [-0.25, -0.2) is 14.4 Å². The molecule has 5 N–H and O–H groups in total. The molecule has 2 aromatic rings. The van der Waals surface area contributed by atoms with E-state index in [1.807, 2.05) is 0 Å². The summed E-state index contributed by atoms with van der Waals surface area (Å²) in [5.41, 5.74) is -6.67. The molecule has 14 heteroatoms. The van der Waals surface area contributed by atoms with Gasteiger partial charge in [-0.2, -0.15) is 0 Å². The van der Waals surface area contributed by atoms with Crippen molar-refractivity contribution in [3.63, 3.8) is 0 Å². The molecule has 1 unspecified atom stereocenters. The minimum absolute atomic E-state index is 0. The van der Waals surface area contributed by atoms with Crippen LogP contribution in [-0.2, 0) is 28.5 Å². The third-order valence-electron chi connectivity index (χ3n) is 12.1. The predicted molar refractivity (Wildman–Crippen MR) is 193 cm³/mol. The molecule has 55 heavy (non-hydrogen) atoms. The van der Waals surface area contributed by atoms with Gasteiger partial charge in [-0.05, 0) is 51.0 Å². The maximum Gasteiger partial charge on any atom is 0.408 e. The molecule has 1 saturated heterocycles. The summed E-state index contributed by atoms with van der Waals surface area (Å²) in [6.07, 6.45) is -8.50. The number of hydrogen-bond acceptors (Lipinski definition) is 12. The fraction of sp³-hybridized carbons (Fsp3) is 0.561. The molecule has 1 radical (unpaired) electrons. The van der Waals surface area contributed by atoms with Crippen molar-refractivity contribution < 1.29 is 103 Å². The summed E-state index contributed by atoms with van der Waals surface area (Å²) in [5, 5.41) is 51.2. The molecular formula is C41H51AcNO12. The molecule has 6 rings (SSSR count). The van der Waals surface area contributed by atoms with Crippen molar-refractivity contribution in [2.75, 3.05) is 6.61 Å². The molecule has 0 aromatic heterocycles. The molecule has 10 atom stereocenters. The van der Waals surface area contributed by atoms with E-state index in [4.69, 9.17) is 18.9 Å². The molecule has 1 amide bonds. The standard InChI is InChI=1S/C41H51NO12.Ac/c1-22-26(52-35(47)31(45)30(23-14-10-8-11-15-23)42-36(48)54-37(2,3)4)20-41(50)33(53-34(46)24-16-12-9-13-17-24)32-39(7,19-25(43)29(22)38(41,5)6)27(44)18-28-40(32,49)21-51-28;/h8-17,26-28,30-33,44-45,49-50H,18-21H2,1-7H3,(H,42,48);/t26?,27-,28+,30-,31+,32-,33-,39+,40-,41+;/m0./s1. The number of carbonyl (C=O) groups excluding carboxylic acids is 4. The van der Waals surface area contributed by atoms with Gasteiger partial charge >= 0.3 is 18.0 Å². The van der Waals surface area contributed by atoms with Crippen LogP contribution in [0.3, 0.4) is 0 Å². The Bertz CT molecular complexity index is 1830. The summed E-state index contributed by atoms with van der Waals surface area (Å²) in [6.45, 7) is 11.3. The minimum Gasteiger partial charge on any atom is -0.456 e. The number of alkyl carbamates (subject to hydrolysis) is 1. The van der Waals surface area contributed by atoms with Gasteiger partial charge in [-0.15, -0.1) is 0 Å². The fourth-order valence-corrected chi connectivity index (χ4v) is 9.17. The van der Waals surface area contributed by atoms with E-state index in [1.165, 1.54) is 0 Å². The second kappa shape index (κ2) is 15.6. The zero-order valence-corrected chi connectivity index (χ0v) is 37.0. The third-order valence-corrected chi connectivity index (χ3v) is 12.1. The predicted octanol–water partition coefficient (Wildman–Crippen LogP) is 3.72. The number of rotatable bonds is 7. The number of nitrogens with one attached hydrogen (secondary N) is 1. The number of fused-ring (bicyclic) bond motifs is 5. The fourth-order valence-electron chi connectivity index (χ4n) is 9.17. The van der Waals surface area contributed by atoms with Crippen LogP contribution in [0.25, 0.3) is 0 Å². The molecule has 1 heterocycles. The van der Waals surface area contributed by atoms with Gasteiger partial charge in [0.05, 0.1) is 30.4 Å². The Hall–Kier alpha value is -2.70. The zero-order valence-electron chi connectivity index (χ0n) is 32.3. The molecular weight excluding hydrogens is 925 g/mol. The third kappa shape index (κ3) is 7.69. The van der Waals surface area contributed by atoms with Crippen molar-refractivity contribution in [1.82, 2.24) is 5.32 Å². The Labute approximate surface area is 356 Å². The van der Waals surface area contributed by atoms with E-state index < -0.39 is 100 Å². The van der Waals surface area contributed by atoms with Crippen molar-refractivity contribution in [1.29, 1.82) is 0 Å². The topological polar surface area (TPSA) is 198 Å². The van der Waals surface area contributed by atoms with Crippen LogP contribution in [-0.4, -0.2) is 98.2 Å². The van der Waals surface area contributed by atoms with Crippen LogP contribution in [0.5, 0.6) is 0 Å². The van der Waals surface area contributed by atoms with E-state index in [0.29, 0.717) is 11.1 Å². The molecule has 3 aliphatic carbocycles. The van der Waals surface area contributed by atoms with E-state index in [1.54, 1.807) is 109 Å². The number of ketones is 1. The van der Waals surface area contributed by atoms with Crippen LogP contribution >= 0.6 is 0 Å². The number of benzene rings is 2. The van der Waals surface area contributed by atoms with Gasteiger partial charge in [0.15, 0.2) is 11.9 Å². The van der Waals surface area contributed by atoms with Gasteiger partial charge in [-0.3, -0.25) is 4.79 Å². The van der Waals surface area contributed by atoms with Crippen LogP contribution in [0.4, 0.5) is 4.79 Å². The minimum atomic E-state index is -2.20. The largest absolute Gasteiger partial charge is 0.456 e. The number of amides is 1. The number of aliphatic hydroxyl groups is 4. The molecule has 295 valence electrons. The Morgan fingerprint density at radius 3 is 2.13 bits per heavy atom. The van der Waals surface area contributed by atoms with Gasteiger partial charge < -0.3 is 44.7 Å². The number of carbonyl (C=O) groups is 4. The average Bonchev–Trinajstić information content (AvgIpc) is 3.09. The normalized spacial score (nSPS) is 33.4. The first kappa shape index (κ1) is 43.4. The number of Topliss-reactive ketones (excluding diaryl/α,β-unsaturated/α-hetero) is 1. The van der Waals surface area contributed by atoms with Crippen LogP contribution in [0.2, 0.25) is 0 Å². The SMILES string of the molecule is CC1=C2C(=O)C[C@]3(C)[C@@H](O)C[C@H]4OC[C@@]4(O)[C@H]3[C@H](OC(=O)c3ccccc3)[C@](O)(CC1OC(=O)[C@H](O)[C@@H](NC(=O)OC(C)(C)C)c1ccccc1)C2(C)C.[Ac]. The van der Waals surface area contributed by atoms with Crippen LogP contribution in [0.15, 0.2) is 71.8 Å². The molecule has 3 fully saturated rings. The van der Waals surface area contributed by atoms with E-state index >= 15 is 0 Å². The van der Waals surface area contributed by atoms with Crippen molar-refractivity contribution in [3.05, 3.63) is 82.9 Å². The summed E-state index contributed by atoms with van der Waals surface area (Å²) in [7, 11) is 0. The van der Waals surface area contributed by atoms with Gasteiger partial charge in [0.1, 0.15) is 29.0 Å². The summed E-state index contributed by atoms with van der Waals surface area (Å²) in [4.78, 5) is 55.3. The van der Waals surface area contributed by atoms with Crippen molar-refractivity contribution >= 4 is 23.8 Å². The first-order valence-electron chi connectivity index (χ1n) is 18.3. The Balaban J connectivity index is 0.00000580. The van der Waals surface area contributed by atoms with Gasteiger partial charge in [-0.1, -0.05) is 69.3 Å². The first-order valence-corrected chi connectivity index (χ1v) is 18.3. The number of aliphatic hydroxyl groups excluding tert-OH is 2.